The molecule has 0 radical (unpaired) electrons. The molecule has 0 saturated carbocycles. The Kier molecular flexibility index (Phi) is 12.3. The maximum absolute atomic E-state index is 11.9. The first-order valence-corrected chi connectivity index (χ1v) is 11.3. The van der Waals surface area contributed by atoms with Crippen molar-refractivity contribution in [3.63, 3.8) is 0 Å². The number of hydrogen-bond donors (Lipinski definition) is 4. The zero-order valence-electron chi connectivity index (χ0n) is 16.9. The van der Waals surface area contributed by atoms with E-state index in [0.717, 1.165) is 25.0 Å². The predicted molar refractivity (Wildman–Crippen MR) is 110 cm³/mol. The molecule has 2 heterocycles. The number of nitrogens with two attached hydrogens (primary N) is 1. The Labute approximate surface area is 176 Å². The van der Waals surface area contributed by atoms with Crippen molar-refractivity contribution in [1.82, 2.24) is 16.0 Å². The van der Waals surface area contributed by atoms with Gasteiger partial charge in [-0.2, -0.15) is 11.8 Å². The molecule has 2 saturated heterocycles. The van der Waals surface area contributed by atoms with Crippen molar-refractivity contribution >= 4 is 23.7 Å². The van der Waals surface area contributed by atoms with E-state index in [9.17, 15) is 9.59 Å². The molecule has 168 valence electrons. The van der Waals surface area contributed by atoms with Gasteiger partial charge in [0.2, 0.25) is 5.91 Å². The standard InChI is InChI=1S/C18H34N4O6S/c19-28-12-11-27-10-9-26-8-7-25-6-5-20-16(23)4-2-1-3-15-17-14(13-29-15)21-18(24)22-17/h14-15,17H,1-13,19H2,(H,20,23)(H2,21,22,24)/t14-,15+,17+/m1/s1. The van der Waals surface area contributed by atoms with Gasteiger partial charge in [-0.25, -0.2) is 10.7 Å². The molecule has 0 aromatic rings. The minimum atomic E-state index is -0.0543. The highest BCUT2D eigenvalue weighted by molar-refractivity contribution is 8.00. The van der Waals surface area contributed by atoms with Crippen LogP contribution in [0.5, 0.6) is 0 Å². The second kappa shape index (κ2) is 14.8. The van der Waals surface area contributed by atoms with E-state index < -0.39 is 0 Å². The summed E-state index contributed by atoms with van der Waals surface area (Å²) >= 11 is 1.90. The first-order chi connectivity index (χ1) is 14.2. The molecular formula is C18H34N4O6S. The van der Waals surface area contributed by atoms with Crippen molar-refractivity contribution in [2.75, 3.05) is 58.5 Å². The van der Waals surface area contributed by atoms with Crippen LogP contribution in [-0.2, 0) is 23.8 Å². The number of unbranched alkanes of at least 4 members (excludes halogenated alkanes) is 1. The Morgan fingerprint density at radius 3 is 2.45 bits per heavy atom. The molecule has 3 atom stereocenters. The van der Waals surface area contributed by atoms with Crippen LogP contribution in [0.3, 0.4) is 0 Å². The maximum atomic E-state index is 11.9. The molecule has 0 spiro atoms. The second-order valence-corrected chi connectivity index (χ2v) is 8.20. The minimum absolute atomic E-state index is 0.0521. The van der Waals surface area contributed by atoms with Crippen molar-refractivity contribution in [2.24, 2.45) is 5.90 Å². The van der Waals surface area contributed by atoms with Gasteiger partial charge in [-0.05, 0) is 12.8 Å². The summed E-state index contributed by atoms with van der Waals surface area (Å²) in [5, 5.41) is 9.25. The summed E-state index contributed by atoms with van der Waals surface area (Å²) in [4.78, 5) is 27.6. The fraction of sp³-hybridized carbons (Fsp3) is 0.889. The Bertz CT molecular complexity index is 487. The number of nitrogens with one attached hydrogen (secondary N) is 3. The SMILES string of the molecule is NOCCOCCOCCOCCNC(=O)CCCC[C@@H]1SC[C@H]2NC(=O)N[C@H]12. The normalized spacial score (nSPS) is 22.9. The van der Waals surface area contributed by atoms with Gasteiger partial charge in [0.1, 0.15) is 0 Å². The zero-order chi connectivity index (χ0) is 20.7. The molecule has 0 aromatic heterocycles. The van der Waals surface area contributed by atoms with Crippen LogP contribution in [0.15, 0.2) is 0 Å². The van der Waals surface area contributed by atoms with Gasteiger partial charge in [-0.15, -0.1) is 0 Å². The smallest absolute Gasteiger partial charge is 0.315 e. The highest BCUT2D eigenvalue weighted by Gasteiger charge is 2.42. The van der Waals surface area contributed by atoms with E-state index in [1.165, 1.54) is 0 Å². The molecule has 2 rings (SSSR count). The van der Waals surface area contributed by atoms with Crippen molar-refractivity contribution in [3.8, 4) is 0 Å². The number of fused-ring (bicyclic) bond motifs is 1. The summed E-state index contributed by atoms with van der Waals surface area (Å²) in [6.07, 6.45) is 3.39. The molecule has 2 aliphatic heterocycles. The van der Waals surface area contributed by atoms with Crippen LogP contribution in [0.4, 0.5) is 4.79 Å². The van der Waals surface area contributed by atoms with Gasteiger partial charge >= 0.3 is 6.03 Å². The van der Waals surface area contributed by atoms with Gasteiger partial charge in [-0.1, -0.05) is 6.42 Å². The number of hydrogen-bond acceptors (Lipinski definition) is 8. The van der Waals surface area contributed by atoms with Gasteiger partial charge in [0.15, 0.2) is 0 Å². The summed E-state index contributed by atoms with van der Waals surface area (Å²) in [7, 11) is 0. The first kappa shape index (κ1) is 24.2. The zero-order valence-corrected chi connectivity index (χ0v) is 17.7. The third-order valence-electron chi connectivity index (χ3n) is 4.74. The molecule has 11 heteroatoms. The molecule has 3 amide bonds. The summed E-state index contributed by atoms with van der Waals surface area (Å²) in [5.41, 5.74) is 0. The van der Waals surface area contributed by atoms with E-state index in [1.54, 1.807) is 0 Å². The third-order valence-corrected chi connectivity index (χ3v) is 6.25. The summed E-state index contributed by atoms with van der Waals surface area (Å²) in [6, 6.07) is 0.443. The molecule has 0 unspecified atom stereocenters. The van der Waals surface area contributed by atoms with Crippen LogP contribution in [-0.4, -0.2) is 87.8 Å². The van der Waals surface area contributed by atoms with E-state index in [4.69, 9.17) is 20.1 Å². The van der Waals surface area contributed by atoms with Crippen LogP contribution in [0.2, 0.25) is 0 Å². The Balaban J connectivity index is 1.33. The summed E-state index contributed by atoms with van der Waals surface area (Å²) in [5.74, 6) is 5.89. The second-order valence-electron chi connectivity index (χ2n) is 6.93. The van der Waals surface area contributed by atoms with Crippen LogP contribution in [0.25, 0.3) is 0 Å². The lowest BCUT2D eigenvalue weighted by molar-refractivity contribution is -0.121. The molecule has 0 bridgehead atoms. The van der Waals surface area contributed by atoms with Crippen LogP contribution in [0.1, 0.15) is 25.7 Å². The first-order valence-electron chi connectivity index (χ1n) is 10.2. The topological polar surface area (TPSA) is 133 Å². The maximum Gasteiger partial charge on any atom is 0.315 e. The van der Waals surface area contributed by atoms with Crippen molar-refractivity contribution in [2.45, 2.75) is 43.0 Å². The molecule has 0 aliphatic carbocycles. The Hall–Kier alpha value is -1.11. The van der Waals surface area contributed by atoms with Gasteiger partial charge in [0.05, 0.1) is 58.3 Å². The Morgan fingerprint density at radius 2 is 1.72 bits per heavy atom. The monoisotopic (exact) mass is 434 g/mol. The number of amides is 3. The largest absolute Gasteiger partial charge is 0.377 e. The van der Waals surface area contributed by atoms with Crippen LogP contribution < -0.4 is 21.8 Å². The molecule has 2 fully saturated rings. The molecule has 5 N–H and O–H groups in total. The Morgan fingerprint density at radius 1 is 1.03 bits per heavy atom. The van der Waals surface area contributed by atoms with E-state index in [1.807, 2.05) is 11.8 Å². The van der Waals surface area contributed by atoms with E-state index in [0.29, 0.717) is 64.5 Å². The van der Waals surface area contributed by atoms with Crippen LogP contribution in [0, 0.1) is 0 Å². The number of rotatable bonds is 17. The fourth-order valence-electron chi connectivity index (χ4n) is 3.27. The van der Waals surface area contributed by atoms with Crippen molar-refractivity contribution in [3.05, 3.63) is 0 Å². The summed E-state index contributed by atoms with van der Waals surface area (Å²) in [6.45, 7) is 3.74. The van der Waals surface area contributed by atoms with Gasteiger partial charge in [0.25, 0.3) is 0 Å². The van der Waals surface area contributed by atoms with Crippen molar-refractivity contribution in [1.29, 1.82) is 0 Å². The third kappa shape index (κ3) is 9.96. The van der Waals surface area contributed by atoms with E-state index in [2.05, 4.69) is 20.8 Å². The number of ether oxygens (including phenoxy) is 3. The highest BCUT2D eigenvalue weighted by atomic mass is 32.2. The van der Waals surface area contributed by atoms with Gasteiger partial charge in [-0.3, -0.25) is 4.79 Å². The fourth-order valence-corrected chi connectivity index (χ4v) is 4.82. The molecule has 2 aliphatic rings. The minimum Gasteiger partial charge on any atom is -0.377 e. The lowest BCUT2D eigenvalue weighted by Gasteiger charge is -2.16. The molecular weight excluding hydrogens is 400 g/mol. The molecule has 29 heavy (non-hydrogen) atoms. The van der Waals surface area contributed by atoms with Crippen LogP contribution >= 0.6 is 11.8 Å². The summed E-state index contributed by atoms with van der Waals surface area (Å²) < 4.78 is 16.0. The average molecular weight is 435 g/mol. The van der Waals surface area contributed by atoms with Crippen molar-refractivity contribution < 1.29 is 28.6 Å². The number of carbonyl (C=O) groups is 2. The van der Waals surface area contributed by atoms with E-state index in [-0.39, 0.29) is 24.0 Å². The lowest BCUT2D eigenvalue weighted by atomic mass is 10.0. The van der Waals surface area contributed by atoms with Gasteiger partial charge in [0, 0.05) is 24.0 Å². The predicted octanol–water partition coefficient (Wildman–Crippen LogP) is -0.231. The quantitative estimate of drug-likeness (QED) is 0.140. The number of thioether (sulfide) groups is 1. The molecule has 10 nitrogen and oxygen atoms in total. The van der Waals surface area contributed by atoms with Gasteiger partial charge < -0.3 is 35.0 Å². The number of urea groups is 1. The molecule has 0 aromatic carbocycles. The average Bonchev–Trinajstić information content (AvgIpc) is 3.25. The number of carbonyl (C=O) groups excluding carboxylic acids is 2. The highest BCUT2D eigenvalue weighted by Crippen LogP contribution is 2.33. The lowest BCUT2D eigenvalue weighted by Crippen LogP contribution is -2.36. The van der Waals surface area contributed by atoms with E-state index >= 15 is 0 Å².